The number of hydrogen-bond donors (Lipinski definition) is 2. The summed E-state index contributed by atoms with van der Waals surface area (Å²) in [7, 11) is 0. The van der Waals surface area contributed by atoms with Crippen molar-refractivity contribution in [3.8, 4) is 0 Å². The second-order valence-electron chi connectivity index (χ2n) is 2.95. The van der Waals surface area contributed by atoms with Crippen LogP contribution in [-0.4, -0.2) is 23.2 Å². The number of alkyl halides is 3. The topological polar surface area (TPSA) is 66.4 Å². The van der Waals surface area contributed by atoms with E-state index in [0.29, 0.717) is 4.47 Å². The van der Waals surface area contributed by atoms with Gasteiger partial charge in [-0.05, 0) is 18.2 Å². The number of amides is 1. The number of aromatic carboxylic acids is 1. The summed E-state index contributed by atoms with van der Waals surface area (Å²) < 4.78 is 36.3. The summed E-state index contributed by atoms with van der Waals surface area (Å²) in [6.45, 7) is 0. The molecule has 92 valence electrons. The normalized spacial score (nSPS) is 11.1. The average Bonchev–Trinajstić information content (AvgIpc) is 2.18. The monoisotopic (exact) mass is 311 g/mol. The Kier molecular flexibility index (Phi) is 3.76. The standard InChI is InChI=1S/C9H5BrF3NO3/c10-4-1-2-6(5(3-4)7(15)16)14-8(17)9(11,12)13/h1-3H,(H,14,17)(H,15,16). The number of anilines is 1. The van der Waals surface area contributed by atoms with Crippen LogP contribution >= 0.6 is 15.9 Å². The lowest BCUT2D eigenvalue weighted by atomic mass is 10.2. The van der Waals surface area contributed by atoms with Crippen molar-refractivity contribution in [3.63, 3.8) is 0 Å². The fourth-order valence-electron chi connectivity index (χ4n) is 0.996. The molecule has 0 saturated heterocycles. The highest BCUT2D eigenvalue weighted by Crippen LogP contribution is 2.24. The fraction of sp³-hybridized carbons (Fsp3) is 0.111. The van der Waals surface area contributed by atoms with Gasteiger partial charge < -0.3 is 10.4 Å². The zero-order valence-electron chi connectivity index (χ0n) is 8.01. The zero-order chi connectivity index (χ0) is 13.2. The van der Waals surface area contributed by atoms with Crippen LogP contribution in [0.15, 0.2) is 22.7 Å². The Bertz CT molecular complexity index is 473. The van der Waals surface area contributed by atoms with Gasteiger partial charge in [-0.15, -0.1) is 0 Å². The molecule has 17 heavy (non-hydrogen) atoms. The highest BCUT2D eigenvalue weighted by molar-refractivity contribution is 9.10. The minimum Gasteiger partial charge on any atom is -0.478 e. The molecule has 0 spiro atoms. The Morgan fingerprint density at radius 3 is 2.35 bits per heavy atom. The molecule has 1 rings (SSSR count). The number of halogens is 4. The second kappa shape index (κ2) is 4.74. The van der Waals surface area contributed by atoms with E-state index in [1.807, 2.05) is 0 Å². The first kappa shape index (κ1) is 13.5. The third-order valence-electron chi connectivity index (χ3n) is 1.72. The summed E-state index contributed by atoms with van der Waals surface area (Å²) in [5.74, 6) is -3.66. The smallest absolute Gasteiger partial charge is 0.471 e. The van der Waals surface area contributed by atoms with Gasteiger partial charge in [-0.2, -0.15) is 13.2 Å². The summed E-state index contributed by atoms with van der Waals surface area (Å²) in [6.07, 6.45) is -5.07. The van der Waals surface area contributed by atoms with Crippen molar-refractivity contribution < 1.29 is 27.9 Å². The molecule has 4 nitrogen and oxygen atoms in total. The molecule has 1 aromatic rings. The molecule has 0 aromatic heterocycles. The van der Waals surface area contributed by atoms with E-state index in [1.165, 1.54) is 11.4 Å². The highest BCUT2D eigenvalue weighted by Gasteiger charge is 2.39. The molecule has 0 heterocycles. The van der Waals surface area contributed by atoms with E-state index >= 15 is 0 Å². The molecule has 0 aliphatic rings. The van der Waals surface area contributed by atoms with Crippen molar-refractivity contribution in [2.45, 2.75) is 6.18 Å². The van der Waals surface area contributed by atoms with Crippen molar-refractivity contribution in [2.24, 2.45) is 0 Å². The molecule has 0 unspecified atom stereocenters. The minimum absolute atomic E-state index is 0.375. The van der Waals surface area contributed by atoms with Crippen LogP contribution in [0, 0.1) is 0 Å². The number of hydrogen-bond acceptors (Lipinski definition) is 2. The molecule has 8 heteroatoms. The Morgan fingerprint density at radius 2 is 1.88 bits per heavy atom. The Morgan fingerprint density at radius 1 is 1.29 bits per heavy atom. The molecule has 0 radical (unpaired) electrons. The van der Waals surface area contributed by atoms with Crippen LogP contribution in [0.1, 0.15) is 10.4 Å². The minimum atomic E-state index is -5.07. The summed E-state index contributed by atoms with van der Waals surface area (Å²) in [5.41, 5.74) is -0.847. The molecular weight excluding hydrogens is 307 g/mol. The number of carbonyl (C=O) groups is 2. The maximum absolute atomic E-state index is 12.0. The molecular formula is C9H5BrF3NO3. The van der Waals surface area contributed by atoms with Crippen molar-refractivity contribution in [1.29, 1.82) is 0 Å². The van der Waals surface area contributed by atoms with E-state index in [4.69, 9.17) is 5.11 Å². The van der Waals surface area contributed by atoms with E-state index in [2.05, 4.69) is 15.9 Å². The maximum Gasteiger partial charge on any atom is 0.471 e. The molecule has 0 aliphatic heterocycles. The first-order valence-electron chi connectivity index (χ1n) is 4.13. The quantitative estimate of drug-likeness (QED) is 0.882. The summed E-state index contributed by atoms with van der Waals surface area (Å²) in [6, 6.07) is 3.48. The van der Waals surface area contributed by atoms with Crippen molar-refractivity contribution in [3.05, 3.63) is 28.2 Å². The molecule has 0 bridgehead atoms. The van der Waals surface area contributed by atoms with Gasteiger partial charge >= 0.3 is 18.1 Å². The third-order valence-corrected chi connectivity index (χ3v) is 2.21. The number of carboxylic acid groups (broad SMARTS) is 1. The molecule has 0 aliphatic carbocycles. The predicted molar refractivity (Wildman–Crippen MR) is 55.8 cm³/mol. The van der Waals surface area contributed by atoms with Gasteiger partial charge in [-0.3, -0.25) is 4.79 Å². The lowest BCUT2D eigenvalue weighted by Gasteiger charge is -2.10. The van der Waals surface area contributed by atoms with Crippen LogP contribution < -0.4 is 5.32 Å². The largest absolute Gasteiger partial charge is 0.478 e. The Hall–Kier alpha value is -1.57. The van der Waals surface area contributed by atoms with Gasteiger partial charge in [-0.25, -0.2) is 4.79 Å². The molecule has 0 fully saturated rings. The molecule has 1 aromatic carbocycles. The number of nitrogens with one attached hydrogen (secondary N) is 1. The van der Waals surface area contributed by atoms with Crippen LogP contribution in [0.5, 0.6) is 0 Å². The molecule has 0 atom stereocenters. The lowest BCUT2D eigenvalue weighted by Crippen LogP contribution is -2.30. The number of benzene rings is 1. The van der Waals surface area contributed by atoms with E-state index in [-0.39, 0.29) is 0 Å². The predicted octanol–water partition coefficient (Wildman–Crippen LogP) is 2.65. The van der Waals surface area contributed by atoms with Crippen LogP contribution in [0.25, 0.3) is 0 Å². The molecule has 2 N–H and O–H groups in total. The molecule has 1 amide bonds. The number of carboxylic acids is 1. The van der Waals surface area contributed by atoms with Crippen LogP contribution in [0.3, 0.4) is 0 Å². The first-order chi connectivity index (χ1) is 7.71. The van der Waals surface area contributed by atoms with Gasteiger partial charge in [0.1, 0.15) is 0 Å². The van der Waals surface area contributed by atoms with E-state index in [1.54, 1.807) is 0 Å². The van der Waals surface area contributed by atoms with Gasteiger partial charge in [0, 0.05) is 4.47 Å². The zero-order valence-corrected chi connectivity index (χ0v) is 9.59. The SMILES string of the molecule is O=C(O)c1cc(Br)ccc1NC(=O)C(F)(F)F. The third kappa shape index (κ3) is 3.45. The highest BCUT2D eigenvalue weighted by atomic mass is 79.9. The van der Waals surface area contributed by atoms with Gasteiger partial charge in [0.25, 0.3) is 0 Å². The summed E-state index contributed by atoms with van der Waals surface area (Å²) >= 11 is 2.97. The fourth-order valence-corrected chi connectivity index (χ4v) is 1.36. The molecule has 0 saturated carbocycles. The van der Waals surface area contributed by atoms with Crippen molar-refractivity contribution >= 4 is 33.5 Å². The van der Waals surface area contributed by atoms with Crippen LogP contribution in [0.2, 0.25) is 0 Å². The van der Waals surface area contributed by atoms with Gasteiger partial charge in [0.05, 0.1) is 11.3 Å². The first-order valence-corrected chi connectivity index (χ1v) is 4.92. The van der Waals surface area contributed by atoms with Gasteiger partial charge in [0.15, 0.2) is 0 Å². The number of rotatable bonds is 2. The van der Waals surface area contributed by atoms with E-state index in [9.17, 15) is 22.8 Å². The Balaban J connectivity index is 3.07. The average molecular weight is 312 g/mol. The maximum atomic E-state index is 12.0. The Labute approximate surface area is 102 Å². The van der Waals surface area contributed by atoms with Crippen LogP contribution in [0.4, 0.5) is 18.9 Å². The lowest BCUT2D eigenvalue weighted by molar-refractivity contribution is -0.167. The van der Waals surface area contributed by atoms with Crippen molar-refractivity contribution in [2.75, 3.05) is 5.32 Å². The second-order valence-corrected chi connectivity index (χ2v) is 3.86. The number of carbonyl (C=O) groups excluding carboxylic acids is 1. The van der Waals surface area contributed by atoms with Gasteiger partial charge in [0.2, 0.25) is 0 Å². The summed E-state index contributed by atoms with van der Waals surface area (Å²) in [4.78, 5) is 21.4. The van der Waals surface area contributed by atoms with Crippen LogP contribution in [-0.2, 0) is 4.79 Å². The van der Waals surface area contributed by atoms with Crippen molar-refractivity contribution in [1.82, 2.24) is 0 Å². The van der Waals surface area contributed by atoms with E-state index < -0.39 is 29.3 Å². The summed E-state index contributed by atoms with van der Waals surface area (Å²) in [5, 5.41) is 10.2. The van der Waals surface area contributed by atoms with Gasteiger partial charge in [-0.1, -0.05) is 15.9 Å². The van der Waals surface area contributed by atoms with E-state index in [0.717, 1.165) is 12.1 Å².